The third-order valence-corrected chi connectivity index (χ3v) is 4.19. The smallest absolute Gasteiger partial charge is 0.0629 e. The SMILES string of the molecule is C/C=C(/C)c1ccc([C](c2ccccc2)c2ccccc2)cc1. The van der Waals surface area contributed by atoms with Gasteiger partial charge in [-0.25, -0.2) is 0 Å². The highest BCUT2D eigenvalue weighted by Crippen LogP contribution is 2.31. The summed E-state index contributed by atoms with van der Waals surface area (Å²) in [5.41, 5.74) is 6.31. The Morgan fingerprint density at radius 1 is 0.565 bits per heavy atom. The third-order valence-electron chi connectivity index (χ3n) is 4.19. The molecule has 3 aromatic rings. The molecule has 113 valence electrons. The molecule has 0 heteroatoms. The molecule has 0 amide bonds. The molecule has 0 N–H and O–H groups in total. The first-order valence-electron chi connectivity index (χ1n) is 8.01. The van der Waals surface area contributed by atoms with Gasteiger partial charge < -0.3 is 0 Å². The van der Waals surface area contributed by atoms with Gasteiger partial charge in [-0.1, -0.05) is 91.0 Å². The second-order valence-electron chi connectivity index (χ2n) is 5.66. The molecule has 0 aliphatic rings. The van der Waals surface area contributed by atoms with Crippen molar-refractivity contribution in [1.82, 2.24) is 0 Å². The van der Waals surface area contributed by atoms with Crippen LogP contribution in [0.1, 0.15) is 36.1 Å². The molecule has 0 unspecified atom stereocenters. The Morgan fingerprint density at radius 2 is 0.957 bits per heavy atom. The highest BCUT2D eigenvalue weighted by molar-refractivity contribution is 5.65. The Bertz CT molecular complexity index is 726. The molecule has 0 nitrogen and oxygen atoms in total. The second kappa shape index (κ2) is 7.11. The standard InChI is InChI=1S/C23H21/c1-3-18(2)19-14-16-22(17-15-19)23(20-10-6-4-7-11-20)21-12-8-5-9-13-21/h3-17H,1-2H3/b18-3-. The van der Waals surface area contributed by atoms with E-state index in [0.29, 0.717) is 0 Å². The van der Waals surface area contributed by atoms with Crippen molar-refractivity contribution >= 4 is 5.57 Å². The van der Waals surface area contributed by atoms with Crippen LogP contribution in [0.4, 0.5) is 0 Å². The largest absolute Gasteiger partial charge is 0.0841 e. The van der Waals surface area contributed by atoms with Crippen molar-refractivity contribution < 1.29 is 0 Å². The Hall–Kier alpha value is -2.60. The summed E-state index contributed by atoms with van der Waals surface area (Å²) in [5, 5.41) is 0. The van der Waals surface area contributed by atoms with E-state index in [9.17, 15) is 0 Å². The number of hydrogen-bond donors (Lipinski definition) is 0. The van der Waals surface area contributed by atoms with Gasteiger partial charge in [0.25, 0.3) is 0 Å². The van der Waals surface area contributed by atoms with Crippen LogP contribution in [0.2, 0.25) is 0 Å². The summed E-state index contributed by atoms with van der Waals surface area (Å²) < 4.78 is 0. The van der Waals surface area contributed by atoms with Crippen LogP contribution in [0.5, 0.6) is 0 Å². The van der Waals surface area contributed by atoms with Crippen LogP contribution in [-0.2, 0) is 0 Å². The number of allylic oxidation sites excluding steroid dienone is 2. The highest BCUT2D eigenvalue weighted by atomic mass is 14.2. The monoisotopic (exact) mass is 297 g/mol. The highest BCUT2D eigenvalue weighted by Gasteiger charge is 2.17. The Balaban J connectivity index is 2.06. The average Bonchev–Trinajstić information content (AvgIpc) is 2.64. The zero-order valence-electron chi connectivity index (χ0n) is 13.7. The molecule has 0 aromatic heterocycles. The maximum atomic E-state index is 2.22. The molecule has 0 saturated heterocycles. The van der Waals surface area contributed by atoms with Crippen molar-refractivity contribution in [3.63, 3.8) is 0 Å². The molecular formula is C23H21. The van der Waals surface area contributed by atoms with Crippen molar-refractivity contribution in [2.24, 2.45) is 0 Å². The van der Waals surface area contributed by atoms with E-state index in [1.54, 1.807) is 0 Å². The normalized spacial score (nSPS) is 11.7. The van der Waals surface area contributed by atoms with E-state index in [-0.39, 0.29) is 0 Å². The zero-order chi connectivity index (χ0) is 16.1. The van der Waals surface area contributed by atoms with Gasteiger partial charge in [-0.3, -0.25) is 0 Å². The van der Waals surface area contributed by atoms with Crippen LogP contribution in [-0.4, -0.2) is 0 Å². The van der Waals surface area contributed by atoms with Crippen LogP contribution in [0.25, 0.3) is 5.57 Å². The first-order chi connectivity index (χ1) is 11.3. The molecule has 0 saturated carbocycles. The molecule has 3 aromatic carbocycles. The minimum atomic E-state index is 1.24. The zero-order valence-corrected chi connectivity index (χ0v) is 13.7. The summed E-state index contributed by atoms with van der Waals surface area (Å²) in [5.74, 6) is 1.27. The summed E-state index contributed by atoms with van der Waals surface area (Å²) in [6.07, 6.45) is 2.15. The molecule has 0 aliphatic carbocycles. The average molecular weight is 297 g/mol. The molecule has 0 bridgehead atoms. The molecule has 0 spiro atoms. The Kier molecular flexibility index (Phi) is 4.73. The molecule has 0 heterocycles. The number of hydrogen-bond acceptors (Lipinski definition) is 0. The van der Waals surface area contributed by atoms with Crippen molar-refractivity contribution in [2.45, 2.75) is 13.8 Å². The molecule has 0 fully saturated rings. The predicted octanol–water partition coefficient (Wildman–Crippen LogP) is 6.13. The topological polar surface area (TPSA) is 0 Å². The lowest BCUT2D eigenvalue weighted by Gasteiger charge is -2.18. The summed E-state index contributed by atoms with van der Waals surface area (Å²) in [4.78, 5) is 0. The van der Waals surface area contributed by atoms with Gasteiger partial charge in [0.2, 0.25) is 0 Å². The van der Waals surface area contributed by atoms with Gasteiger partial charge >= 0.3 is 0 Å². The van der Waals surface area contributed by atoms with E-state index in [2.05, 4.69) is 105 Å². The van der Waals surface area contributed by atoms with Gasteiger partial charge in [-0.05, 0) is 41.7 Å². The van der Waals surface area contributed by atoms with Crippen LogP contribution >= 0.6 is 0 Å². The maximum Gasteiger partial charge on any atom is 0.0629 e. The lowest BCUT2D eigenvalue weighted by Crippen LogP contribution is -2.04. The molecule has 1 radical (unpaired) electrons. The van der Waals surface area contributed by atoms with Crippen LogP contribution in [0.15, 0.2) is 91.0 Å². The van der Waals surface area contributed by atoms with Crippen molar-refractivity contribution in [3.05, 3.63) is 119 Å². The summed E-state index contributed by atoms with van der Waals surface area (Å²) >= 11 is 0. The quantitative estimate of drug-likeness (QED) is 0.508. The fraction of sp³-hybridized carbons (Fsp3) is 0.0870. The van der Waals surface area contributed by atoms with Crippen LogP contribution < -0.4 is 0 Å². The summed E-state index contributed by atoms with van der Waals surface area (Å²) in [6.45, 7) is 4.22. The maximum absolute atomic E-state index is 2.22. The summed E-state index contributed by atoms with van der Waals surface area (Å²) in [7, 11) is 0. The van der Waals surface area contributed by atoms with Crippen LogP contribution in [0.3, 0.4) is 0 Å². The van der Waals surface area contributed by atoms with E-state index in [1.807, 2.05) is 0 Å². The van der Waals surface area contributed by atoms with Crippen molar-refractivity contribution in [2.75, 3.05) is 0 Å². The molecule has 0 aliphatic heterocycles. The Morgan fingerprint density at radius 3 is 1.39 bits per heavy atom. The lowest BCUT2D eigenvalue weighted by molar-refractivity contribution is 1.23. The predicted molar refractivity (Wildman–Crippen MR) is 99.2 cm³/mol. The van der Waals surface area contributed by atoms with Gasteiger partial charge in [0, 0.05) is 0 Å². The van der Waals surface area contributed by atoms with Gasteiger partial charge in [-0.15, -0.1) is 0 Å². The summed E-state index contributed by atoms with van der Waals surface area (Å²) in [6, 6.07) is 30.0. The molecule has 3 rings (SSSR count). The number of rotatable bonds is 4. The lowest BCUT2D eigenvalue weighted by atomic mass is 9.84. The minimum absolute atomic E-state index is 1.24. The van der Waals surface area contributed by atoms with Gasteiger partial charge in [0.15, 0.2) is 0 Å². The molecular weight excluding hydrogens is 276 g/mol. The minimum Gasteiger partial charge on any atom is -0.0841 e. The van der Waals surface area contributed by atoms with Crippen molar-refractivity contribution in [1.29, 1.82) is 0 Å². The van der Waals surface area contributed by atoms with E-state index >= 15 is 0 Å². The Labute approximate surface area is 139 Å². The van der Waals surface area contributed by atoms with E-state index in [4.69, 9.17) is 0 Å². The molecule has 0 atom stereocenters. The van der Waals surface area contributed by atoms with Crippen LogP contribution in [0, 0.1) is 5.92 Å². The third kappa shape index (κ3) is 3.43. The van der Waals surface area contributed by atoms with E-state index in [1.165, 1.54) is 33.7 Å². The fourth-order valence-corrected chi connectivity index (χ4v) is 2.78. The number of benzene rings is 3. The van der Waals surface area contributed by atoms with Gasteiger partial charge in [0.05, 0.1) is 5.92 Å². The molecule has 23 heavy (non-hydrogen) atoms. The van der Waals surface area contributed by atoms with E-state index in [0.717, 1.165) is 0 Å². The second-order valence-corrected chi connectivity index (χ2v) is 5.66. The fourth-order valence-electron chi connectivity index (χ4n) is 2.78. The van der Waals surface area contributed by atoms with Gasteiger partial charge in [-0.2, -0.15) is 0 Å². The first-order valence-corrected chi connectivity index (χ1v) is 8.01. The first kappa shape index (κ1) is 15.3. The van der Waals surface area contributed by atoms with Crippen molar-refractivity contribution in [3.8, 4) is 0 Å². The van der Waals surface area contributed by atoms with E-state index < -0.39 is 0 Å². The van der Waals surface area contributed by atoms with Gasteiger partial charge in [0.1, 0.15) is 0 Å².